The second-order valence-corrected chi connectivity index (χ2v) is 5.94. The summed E-state index contributed by atoms with van der Waals surface area (Å²) >= 11 is 0. The fourth-order valence-electron chi connectivity index (χ4n) is 3.05. The van der Waals surface area contributed by atoms with E-state index in [4.69, 9.17) is 9.15 Å². The second-order valence-electron chi connectivity index (χ2n) is 5.94. The number of nitrogens with zero attached hydrogens (tertiary/aromatic N) is 1. The summed E-state index contributed by atoms with van der Waals surface area (Å²) in [5.74, 6) is -0.132. The summed E-state index contributed by atoms with van der Waals surface area (Å²) in [5.41, 5.74) is 0.838. The first-order valence-electron chi connectivity index (χ1n) is 8.26. The number of para-hydroxylation sites is 1. The van der Waals surface area contributed by atoms with Crippen LogP contribution in [-0.4, -0.2) is 29.9 Å². The van der Waals surface area contributed by atoms with Gasteiger partial charge in [0.1, 0.15) is 11.3 Å². The normalized spacial score (nSPS) is 13.3. The van der Waals surface area contributed by atoms with Gasteiger partial charge in [-0.3, -0.25) is 14.5 Å². The summed E-state index contributed by atoms with van der Waals surface area (Å²) in [4.78, 5) is 37.4. The van der Waals surface area contributed by atoms with Gasteiger partial charge in [0.25, 0.3) is 11.8 Å². The Balaban J connectivity index is 1.42. The van der Waals surface area contributed by atoms with Gasteiger partial charge in [0, 0.05) is 6.54 Å². The van der Waals surface area contributed by atoms with Crippen LogP contribution in [0, 0.1) is 0 Å². The van der Waals surface area contributed by atoms with Gasteiger partial charge in [0.05, 0.1) is 29.2 Å². The molecule has 4 rings (SSSR count). The smallest absolute Gasteiger partial charge is 0.339 e. The predicted molar refractivity (Wildman–Crippen MR) is 94.4 cm³/mol. The summed E-state index contributed by atoms with van der Waals surface area (Å²) in [7, 11) is 0. The van der Waals surface area contributed by atoms with Crippen LogP contribution in [0.3, 0.4) is 0 Å². The van der Waals surface area contributed by atoms with Crippen molar-refractivity contribution in [2.24, 2.45) is 0 Å². The number of imide groups is 1. The van der Waals surface area contributed by atoms with Crippen molar-refractivity contribution in [1.29, 1.82) is 0 Å². The highest BCUT2D eigenvalue weighted by Gasteiger charge is 2.34. The van der Waals surface area contributed by atoms with E-state index in [-0.39, 0.29) is 25.0 Å². The lowest BCUT2D eigenvalue weighted by Gasteiger charge is -2.14. The number of benzene rings is 2. The standard InChI is InChI=1S/C20H15NO5/c22-18-12-17(15-8-3-4-9-16(15)26-18)25-11-5-10-21-19(23)13-6-1-2-7-14(13)20(21)24/h1-4,6-9,12H,5,10-11H2. The third kappa shape index (κ3) is 2.75. The van der Waals surface area contributed by atoms with Crippen molar-refractivity contribution in [3.63, 3.8) is 0 Å². The molecular weight excluding hydrogens is 334 g/mol. The molecule has 3 aromatic rings. The first-order valence-corrected chi connectivity index (χ1v) is 8.26. The molecule has 1 aliphatic heterocycles. The number of hydrogen-bond acceptors (Lipinski definition) is 5. The molecule has 0 fully saturated rings. The Morgan fingerprint density at radius 3 is 2.27 bits per heavy atom. The third-order valence-electron chi connectivity index (χ3n) is 4.27. The molecule has 6 nitrogen and oxygen atoms in total. The average Bonchev–Trinajstić information content (AvgIpc) is 2.90. The summed E-state index contributed by atoms with van der Waals surface area (Å²) in [6, 6.07) is 15.2. The lowest BCUT2D eigenvalue weighted by molar-refractivity contribution is 0.0647. The van der Waals surface area contributed by atoms with Gasteiger partial charge < -0.3 is 9.15 Å². The molecule has 2 amide bonds. The second kappa shape index (κ2) is 6.48. The van der Waals surface area contributed by atoms with Crippen LogP contribution in [0.1, 0.15) is 27.1 Å². The van der Waals surface area contributed by atoms with Crippen LogP contribution in [0.15, 0.2) is 63.8 Å². The van der Waals surface area contributed by atoms with Gasteiger partial charge in [-0.2, -0.15) is 0 Å². The SMILES string of the molecule is O=C1c2ccccc2C(=O)N1CCCOc1cc(=O)oc2ccccc12. The molecule has 1 aromatic heterocycles. The van der Waals surface area contributed by atoms with Gasteiger partial charge in [-0.1, -0.05) is 24.3 Å². The van der Waals surface area contributed by atoms with Crippen molar-refractivity contribution >= 4 is 22.8 Å². The van der Waals surface area contributed by atoms with E-state index in [9.17, 15) is 14.4 Å². The van der Waals surface area contributed by atoms with E-state index in [1.807, 2.05) is 6.07 Å². The molecule has 0 bridgehead atoms. The molecule has 0 radical (unpaired) electrons. The van der Waals surface area contributed by atoms with Crippen molar-refractivity contribution in [1.82, 2.24) is 4.90 Å². The predicted octanol–water partition coefficient (Wildman–Crippen LogP) is 2.86. The Morgan fingerprint density at radius 1 is 0.885 bits per heavy atom. The molecule has 0 N–H and O–H groups in total. The monoisotopic (exact) mass is 349 g/mol. The van der Waals surface area contributed by atoms with Crippen LogP contribution in [0.25, 0.3) is 11.0 Å². The maximum Gasteiger partial charge on any atom is 0.339 e. The summed E-state index contributed by atoms with van der Waals surface area (Å²) in [6.07, 6.45) is 0.458. The van der Waals surface area contributed by atoms with Crippen LogP contribution in [-0.2, 0) is 0 Å². The molecule has 0 aliphatic carbocycles. The highest BCUT2D eigenvalue weighted by Crippen LogP contribution is 2.24. The van der Waals surface area contributed by atoms with E-state index in [1.54, 1.807) is 42.5 Å². The Labute approximate surface area is 148 Å². The van der Waals surface area contributed by atoms with Gasteiger partial charge in [0.15, 0.2) is 0 Å². The molecule has 2 aromatic carbocycles. The van der Waals surface area contributed by atoms with Gasteiger partial charge in [-0.05, 0) is 30.7 Å². The van der Waals surface area contributed by atoms with E-state index in [2.05, 4.69) is 0 Å². The van der Waals surface area contributed by atoms with E-state index in [1.165, 1.54) is 11.0 Å². The summed E-state index contributed by atoms with van der Waals surface area (Å²) in [6.45, 7) is 0.520. The van der Waals surface area contributed by atoms with Gasteiger partial charge in [0.2, 0.25) is 0 Å². The fourth-order valence-corrected chi connectivity index (χ4v) is 3.05. The van der Waals surface area contributed by atoms with E-state index < -0.39 is 5.63 Å². The van der Waals surface area contributed by atoms with Gasteiger partial charge in [-0.25, -0.2) is 4.79 Å². The Hall–Kier alpha value is -3.41. The lowest BCUT2D eigenvalue weighted by atomic mass is 10.1. The molecule has 0 spiro atoms. The van der Waals surface area contributed by atoms with Crippen molar-refractivity contribution in [3.05, 3.63) is 76.1 Å². The third-order valence-corrected chi connectivity index (χ3v) is 4.27. The zero-order valence-corrected chi connectivity index (χ0v) is 13.8. The van der Waals surface area contributed by atoms with E-state index >= 15 is 0 Å². The molecule has 0 saturated carbocycles. The van der Waals surface area contributed by atoms with Crippen LogP contribution < -0.4 is 10.4 Å². The first kappa shape index (κ1) is 16.1. The number of carbonyl (C=O) groups is 2. The summed E-state index contributed by atoms with van der Waals surface area (Å²) < 4.78 is 10.8. The van der Waals surface area contributed by atoms with Crippen LogP contribution in [0.4, 0.5) is 0 Å². The zero-order chi connectivity index (χ0) is 18.1. The Kier molecular flexibility index (Phi) is 4.01. The molecule has 26 heavy (non-hydrogen) atoms. The molecule has 0 atom stereocenters. The largest absolute Gasteiger partial charge is 0.492 e. The van der Waals surface area contributed by atoms with Crippen LogP contribution in [0.5, 0.6) is 5.75 Å². The van der Waals surface area contributed by atoms with Crippen molar-refractivity contribution in [2.75, 3.05) is 13.2 Å². The minimum absolute atomic E-state index is 0.256. The number of ether oxygens (including phenoxy) is 1. The molecule has 0 unspecified atom stereocenters. The van der Waals surface area contributed by atoms with Crippen LogP contribution in [0.2, 0.25) is 0 Å². The molecule has 0 saturated heterocycles. The number of carbonyl (C=O) groups excluding carboxylic acids is 2. The van der Waals surface area contributed by atoms with E-state index in [0.29, 0.717) is 34.3 Å². The Morgan fingerprint density at radius 2 is 1.54 bits per heavy atom. The molecule has 130 valence electrons. The number of amides is 2. The van der Waals surface area contributed by atoms with Crippen molar-refractivity contribution in [3.8, 4) is 5.75 Å². The minimum atomic E-state index is -0.487. The van der Waals surface area contributed by atoms with Crippen LogP contribution >= 0.6 is 0 Å². The van der Waals surface area contributed by atoms with Crippen molar-refractivity contribution in [2.45, 2.75) is 6.42 Å². The van der Waals surface area contributed by atoms with Gasteiger partial charge in [-0.15, -0.1) is 0 Å². The number of hydrogen-bond donors (Lipinski definition) is 0. The molecule has 1 aliphatic rings. The maximum absolute atomic E-state index is 12.3. The molecule has 2 heterocycles. The molecule has 6 heteroatoms. The van der Waals surface area contributed by atoms with Gasteiger partial charge >= 0.3 is 5.63 Å². The average molecular weight is 349 g/mol. The maximum atomic E-state index is 12.3. The quantitative estimate of drug-likeness (QED) is 0.402. The van der Waals surface area contributed by atoms with E-state index in [0.717, 1.165) is 0 Å². The number of fused-ring (bicyclic) bond motifs is 2. The Bertz CT molecular complexity index is 1030. The number of rotatable bonds is 5. The zero-order valence-electron chi connectivity index (χ0n) is 13.8. The van der Waals surface area contributed by atoms with Crippen molar-refractivity contribution < 1.29 is 18.7 Å². The molecular formula is C20H15NO5. The minimum Gasteiger partial charge on any atom is -0.492 e. The highest BCUT2D eigenvalue weighted by atomic mass is 16.5. The fraction of sp³-hybridized carbons (Fsp3) is 0.150. The lowest BCUT2D eigenvalue weighted by Crippen LogP contribution is -2.31. The first-order chi connectivity index (χ1) is 12.6. The topological polar surface area (TPSA) is 76.8 Å². The summed E-state index contributed by atoms with van der Waals surface area (Å²) in [5, 5.41) is 0.702. The highest BCUT2D eigenvalue weighted by molar-refractivity contribution is 6.21.